The molecule has 33 heavy (non-hydrogen) atoms. The Labute approximate surface area is 189 Å². The van der Waals surface area contributed by atoms with E-state index in [1.54, 1.807) is 43.0 Å². The van der Waals surface area contributed by atoms with Crippen molar-refractivity contribution >= 4 is 22.9 Å². The minimum absolute atomic E-state index is 0.150. The van der Waals surface area contributed by atoms with E-state index in [9.17, 15) is 9.59 Å². The second-order valence-corrected chi connectivity index (χ2v) is 7.44. The Kier molecular flexibility index (Phi) is 5.38. The molecule has 4 heterocycles. The number of H-pyrrole nitrogens is 1. The average molecular weight is 436 g/mol. The maximum atomic E-state index is 12.4. The molecule has 0 aliphatic carbocycles. The zero-order valence-corrected chi connectivity index (χ0v) is 17.5. The molecule has 8 heteroatoms. The van der Waals surface area contributed by atoms with Crippen LogP contribution in [0, 0.1) is 0 Å². The van der Waals surface area contributed by atoms with Crippen LogP contribution in [0.15, 0.2) is 96.4 Å². The standard InChI is InChI=1S/C25H20N6O2/c32-23-14-19(9-11-27-23)22-8-7-21(24-28-12-13-31(22)24)30-20-5-3-18(4-6-20)25(33)29-16-17-2-1-10-26-15-17/h1-15,30H,16H2,(H,27,32)(H,29,33). The number of anilines is 2. The van der Waals surface area contributed by atoms with Crippen molar-refractivity contribution in [1.29, 1.82) is 0 Å². The molecule has 0 spiro atoms. The number of fused-ring (bicyclic) bond motifs is 1. The van der Waals surface area contributed by atoms with E-state index in [0.29, 0.717) is 12.1 Å². The van der Waals surface area contributed by atoms with E-state index < -0.39 is 0 Å². The van der Waals surface area contributed by atoms with Gasteiger partial charge in [0.05, 0.1) is 11.4 Å². The fraction of sp³-hybridized carbons (Fsp3) is 0.0400. The monoisotopic (exact) mass is 436 g/mol. The average Bonchev–Trinajstić information content (AvgIpc) is 3.34. The third-order valence-electron chi connectivity index (χ3n) is 5.22. The minimum Gasteiger partial charge on any atom is -0.352 e. The van der Waals surface area contributed by atoms with Gasteiger partial charge in [0.1, 0.15) is 0 Å². The van der Waals surface area contributed by atoms with Gasteiger partial charge >= 0.3 is 0 Å². The van der Waals surface area contributed by atoms with Gasteiger partial charge in [-0.1, -0.05) is 6.07 Å². The highest BCUT2D eigenvalue weighted by atomic mass is 16.1. The first-order valence-electron chi connectivity index (χ1n) is 10.4. The van der Waals surface area contributed by atoms with E-state index in [2.05, 4.69) is 25.6 Å². The molecule has 0 aliphatic rings. The van der Waals surface area contributed by atoms with Crippen LogP contribution >= 0.6 is 0 Å². The lowest BCUT2D eigenvalue weighted by molar-refractivity contribution is 0.0951. The molecule has 5 aromatic rings. The van der Waals surface area contributed by atoms with Crippen LogP contribution in [-0.4, -0.2) is 25.3 Å². The number of hydrogen-bond donors (Lipinski definition) is 3. The van der Waals surface area contributed by atoms with Crippen molar-refractivity contribution in [1.82, 2.24) is 24.7 Å². The lowest BCUT2D eigenvalue weighted by atomic mass is 10.1. The summed E-state index contributed by atoms with van der Waals surface area (Å²) in [6.07, 6.45) is 8.62. The van der Waals surface area contributed by atoms with Crippen LogP contribution in [0.3, 0.4) is 0 Å². The summed E-state index contributed by atoms with van der Waals surface area (Å²) in [5.41, 5.74) is 5.37. The Morgan fingerprint density at radius 1 is 1.03 bits per heavy atom. The molecule has 4 aromatic heterocycles. The molecule has 0 atom stereocenters. The molecule has 0 radical (unpaired) electrons. The zero-order valence-electron chi connectivity index (χ0n) is 17.5. The highest BCUT2D eigenvalue weighted by Crippen LogP contribution is 2.27. The van der Waals surface area contributed by atoms with Gasteiger partial charge in [-0.05, 0) is 54.1 Å². The quantitative estimate of drug-likeness (QED) is 0.376. The molecule has 0 saturated heterocycles. The first-order valence-corrected chi connectivity index (χ1v) is 10.4. The summed E-state index contributed by atoms with van der Waals surface area (Å²) in [7, 11) is 0. The molecule has 0 bridgehead atoms. The van der Waals surface area contributed by atoms with Gasteiger partial charge in [0, 0.05) is 60.4 Å². The highest BCUT2D eigenvalue weighted by Gasteiger charge is 2.10. The molecular weight excluding hydrogens is 416 g/mol. The molecule has 0 saturated carbocycles. The smallest absolute Gasteiger partial charge is 0.251 e. The van der Waals surface area contributed by atoms with Crippen molar-refractivity contribution in [3.63, 3.8) is 0 Å². The van der Waals surface area contributed by atoms with Crippen LogP contribution in [0.5, 0.6) is 0 Å². The number of carbonyl (C=O) groups excluding carboxylic acids is 1. The van der Waals surface area contributed by atoms with Gasteiger partial charge in [0.15, 0.2) is 5.65 Å². The molecule has 5 rings (SSSR count). The van der Waals surface area contributed by atoms with Crippen LogP contribution < -0.4 is 16.2 Å². The van der Waals surface area contributed by atoms with Crippen LogP contribution in [0.2, 0.25) is 0 Å². The lowest BCUT2D eigenvalue weighted by Crippen LogP contribution is -2.22. The summed E-state index contributed by atoms with van der Waals surface area (Å²) < 4.78 is 1.93. The molecule has 162 valence electrons. The van der Waals surface area contributed by atoms with Crippen molar-refractivity contribution in [2.75, 3.05) is 5.32 Å². The minimum atomic E-state index is -0.160. The normalized spacial score (nSPS) is 10.8. The van der Waals surface area contributed by atoms with Crippen LogP contribution in [0.25, 0.3) is 16.9 Å². The SMILES string of the molecule is O=C(NCc1cccnc1)c1ccc(Nc2ccc(-c3cc[nH]c(=O)c3)n3ccnc23)cc1. The molecule has 0 aliphatic heterocycles. The van der Waals surface area contributed by atoms with Crippen LogP contribution in [-0.2, 0) is 6.54 Å². The molecule has 1 amide bonds. The van der Waals surface area contributed by atoms with Gasteiger partial charge in [-0.15, -0.1) is 0 Å². The second kappa shape index (κ2) is 8.80. The van der Waals surface area contributed by atoms with Crippen molar-refractivity contribution in [2.24, 2.45) is 0 Å². The molecule has 0 fully saturated rings. The third kappa shape index (κ3) is 4.35. The first kappa shape index (κ1) is 20.2. The van der Waals surface area contributed by atoms with Gasteiger partial charge < -0.3 is 15.6 Å². The summed E-state index contributed by atoms with van der Waals surface area (Å²) in [6, 6.07) is 18.3. The topological polar surface area (TPSA) is 104 Å². The molecule has 0 unspecified atom stereocenters. The number of imidazole rings is 1. The number of pyridine rings is 3. The second-order valence-electron chi connectivity index (χ2n) is 7.44. The largest absolute Gasteiger partial charge is 0.352 e. The molecule has 3 N–H and O–H groups in total. The van der Waals surface area contributed by atoms with E-state index in [1.165, 1.54) is 0 Å². The van der Waals surface area contributed by atoms with Crippen molar-refractivity contribution in [3.05, 3.63) is 113 Å². The van der Waals surface area contributed by atoms with Gasteiger partial charge in [0.2, 0.25) is 5.56 Å². The summed E-state index contributed by atoms with van der Waals surface area (Å²) in [5, 5.41) is 6.25. The third-order valence-corrected chi connectivity index (χ3v) is 5.22. The number of hydrogen-bond acceptors (Lipinski definition) is 5. The summed E-state index contributed by atoms with van der Waals surface area (Å²) in [6.45, 7) is 0.421. The molecule has 1 aromatic carbocycles. The van der Waals surface area contributed by atoms with Crippen molar-refractivity contribution in [2.45, 2.75) is 6.54 Å². The van der Waals surface area contributed by atoms with E-state index in [-0.39, 0.29) is 11.5 Å². The maximum absolute atomic E-state index is 12.4. The Morgan fingerprint density at radius 3 is 2.70 bits per heavy atom. The van der Waals surface area contributed by atoms with Crippen LogP contribution in [0.4, 0.5) is 11.4 Å². The van der Waals surface area contributed by atoms with Crippen molar-refractivity contribution < 1.29 is 4.79 Å². The summed E-state index contributed by atoms with van der Waals surface area (Å²) in [4.78, 5) is 35.3. The predicted octanol–water partition coefficient (Wildman–Crippen LogP) is 3.76. The summed E-state index contributed by atoms with van der Waals surface area (Å²) in [5.74, 6) is -0.150. The number of aromatic amines is 1. The highest BCUT2D eigenvalue weighted by molar-refractivity contribution is 5.94. The lowest BCUT2D eigenvalue weighted by Gasteiger charge is -2.12. The number of nitrogens with one attached hydrogen (secondary N) is 3. The Balaban J connectivity index is 1.33. The van der Waals surface area contributed by atoms with E-state index >= 15 is 0 Å². The predicted molar refractivity (Wildman–Crippen MR) is 126 cm³/mol. The van der Waals surface area contributed by atoms with Gasteiger partial charge in [0.25, 0.3) is 5.91 Å². The van der Waals surface area contributed by atoms with Gasteiger partial charge in [-0.25, -0.2) is 4.98 Å². The summed E-state index contributed by atoms with van der Waals surface area (Å²) >= 11 is 0. The fourth-order valence-electron chi connectivity index (χ4n) is 3.60. The molecular formula is C25H20N6O2. The Hall–Kier alpha value is -4.72. The Morgan fingerprint density at radius 2 is 1.91 bits per heavy atom. The van der Waals surface area contributed by atoms with E-state index in [1.807, 2.05) is 53.1 Å². The van der Waals surface area contributed by atoms with Gasteiger partial charge in [-0.3, -0.25) is 19.0 Å². The number of carbonyl (C=O) groups is 1. The fourth-order valence-corrected chi connectivity index (χ4v) is 3.60. The number of amides is 1. The van der Waals surface area contributed by atoms with Gasteiger partial charge in [-0.2, -0.15) is 0 Å². The van der Waals surface area contributed by atoms with Crippen molar-refractivity contribution in [3.8, 4) is 11.3 Å². The number of nitrogens with zero attached hydrogens (tertiary/aromatic N) is 3. The van der Waals surface area contributed by atoms with Crippen LogP contribution in [0.1, 0.15) is 15.9 Å². The maximum Gasteiger partial charge on any atom is 0.251 e. The number of benzene rings is 1. The van der Waals surface area contributed by atoms with E-state index in [0.717, 1.165) is 33.8 Å². The number of rotatable bonds is 6. The number of aromatic nitrogens is 4. The van der Waals surface area contributed by atoms with E-state index in [4.69, 9.17) is 0 Å². The zero-order chi connectivity index (χ0) is 22.6. The Bertz CT molecular complexity index is 1470. The first-order chi connectivity index (χ1) is 16.2. The molecule has 8 nitrogen and oxygen atoms in total.